The number of thiazole rings is 1. The zero-order valence-electron chi connectivity index (χ0n) is 10.6. The molecule has 0 spiro atoms. The van der Waals surface area contributed by atoms with Crippen LogP contribution >= 0.6 is 11.3 Å². The molecule has 0 atom stereocenters. The SMILES string of the molecule is Nc1csc(NN=Cc2cccc(OCC(F)(F)F)c2)n1. The van der Waals surface area contributed by atoms with Gasteiger partial charge in [0.1, 0.15) is 11.6 Å². The van der Waals surface area contributed by atoms with Crippen molar-refractivity contribution in [3.8, 4) is 5.75 Å². The van der Waals surface area contributed by atoms with Crippen molar-refractivity contribution in [2.24, 2.45) is 5.10 Å². The first-order chi connectivity index (χ1) is 9.92. The third-order valence-electron chi connectivity index (χ3n) is 2.16. The van der Waals surface area contributed by atoms with Gasteiger partial charge in [-0.05, 0) is 17.7 Å². The Bertz CT molecular complexity index is 627. The summed E-state index contributed by atoms with van der Waals surface area (Å²) in [5.74, 6) is 0.509. The van der Waals surface area contributed by atoms with E-state index in [1.165, 1.54) is 29.7 Å². The number of anilines is 2. The van der Waals surface area contributed by atoms with Gasteiger partial charge < -0.3 is 10.5 Å². The average molecular weight is 316 g/mol. The Morgan fingerprint density at radius 3 is 2.90 bits per heavy atom. The number of alkyl halides is 3. The maximum atomic E-state index is 12.1. The van der Waals surface area contributed by atoms with Gasteiger partial charge >= 0.3 is 6.18 Å². The molecule has 0 unspecified atom stereocenters. The van der Waals surface area contributed by atoms with Crippen LogP contribution in [-0.4, -0.2) is 24.0 Å². The topological polar surface area (TPSA) is 72.5 Å². The lowest BCUT2D eigenvalue weighted by Gasteiger charge is -2.09. The second-order valence-electron chi connectivity index (χ2n) is 3.92. The number of rotatable bonds is 5. The Balaban J connectivity index is 1.94. The normalized spacial score (nSPS) is 11.8. The van der Waals surface area contributed by atoms with Crippen LogP contribution in [0.3, 0.4) is 0 Å². The molecule has 0 saturated heterocycles. The van der Waals surface area contributed by atoms with E-state index >= 15 is 0 Å². The molecule has 2 aromatic rings. The molecule has 0 saturated carbocycles. The van der Waals surface area contributed by atoms with E-state index in [1.807, 2.05) is 0 Å². The molecule has 0 aliphatic heterocycles. The number of nitrogens with one attached hydrogen (secondary N) is 1. The number of hydrogen-bond acceptors (Lipinski definition) is 6. The highest BCUT2D eigenvalue weighted by Crippen LogP contribution is 2.19. The summed E-state index contributed by atoms with van der Waals surface area (Å²) in [6, 6.07) is 6.15. The number of nitrogens with zero attached hydrogens (tertiary/aromatic N) is 2. The molecule has 21 heavy (non-hydrogen) atoms. The summed E-state index contributed by atoms with van der Waals surface area (Å²) in [6.07, 6.45) is -2.92. The van der Waals surface area contributed by atoms with Crippen molar-refractivity contribution in [3.63, 3.8) is 0 Å². The summed E-state index contributed by atoms with van der Waals surface area (Å²) >= 11 is 1.29. The standard InChI is InChI=1S/C12H11F3N4OS/c13-12(14,15)7-20-9-3-1-2-8(4-9)5-17-19-11-18-10(16)6-21-11/h1-6H,7,16H2,(H,18,19). The number of hydrogen-bond donors (Lipinski definition) is 2. The van der Waals surface area contributed by atoms with Crippen molar-refractivity contribution in [2.75, 3.05) is 17.8 Å². The Kier molecular flexibility index (Phi) is 4.63. The molecule has 1 heterocycles. The summed E-state index contributed by atoms with van der Waals surface area (Å²) in [4.78, 5) is 3.94. The van der Waals surface area contributed by atoms with Crippen molar-refractivity contribution in [2.45, 2.75) is 6.18 Å². The van der Waals surface area contributed by atoms with Gasteiger partial charge in [-0.15, -0.1) is 11.3 Å². The van der Waals surface area contributed by atoms with Crippen molar-refractivity contribution in [1.82, 2.24) is 4.98 Å². The first-order valence-corrected chi connectivity index (χ1v) is 6.60. The van der Waals surface area contributed by atoms with Crippen LogP contribution in [0, 0.1) is 0 Å². The minimum absolute atomic E-state index is 0.120. The molecule has 0 radical (unpaired) electrons. The molecule has 0 aliphatic carbocycles. The van der Waals surface area contributed by atoms with Gasteiger partial charge in [0.15, 0.2) is 6.61 Å². The summed E-state index contributed by atoms with van der Waals surface area (Å²) in [5.41, 5.74) is 8.70. The molecule has 1 aromatic heterocycles. The molecule has 3 N–H and O–H groups in total. The molecule has 0 amide bonds. The lowest BCUT2D eigenvalue weighted by molar-refractivity contribution is -0.153. The average Bonchev–Trinajstić information content (AvgIpc) is 2.82. The number of nitrogen functional groups attached to an aromatic ring is 1. The lowest BCUT2D eigenvalue weighted by atomic mass is 10.2. The van der Waals surface area contributed by atoms with Gasteiger partial charge in [0.2, 0.25) is 5.13 Å². The Morgan fingerprint density at radius 2 is 2.24 bits per heavy atom. The van der Waals surface area contributed by atoms with Gasteiger partial charge in [-0.25, -0.2) is 4.98 Å². The van der Waals surface area contributed by atoms with Crippen LogP contribution in [0.25, 0.3) is 0 Å². The van der Waals surface area contributed by atoms with Crippen LogP contribution in [0.5, 0.6) is 5.75 Å². The number of nitrogens with two attached hydrogens (primary N) is 1. The van der Waals surface area contributed by atoms with E-state index < -0.39 is 12.8 Å². The van der Waals surface area contributed by atoms with Crippen LogP contribution < -0.4 is 15.9 Å². The summed E-state index contributed by atoms with van der Waals surface area (Å²) in [5, 5.41) is 6.09. The molecule has 0 bridgehead atoms. The van der Waals surface area contributed by atoms with Crippen LogP contribution in [0.2, 0.25) is 0 Å². The highest BCUT2D eigenvalue weighted by atomic mass is 32.1. The zero-order chi connectivity index (χ0) is 15.3. The summed E-state index contributed by atoms with van der Waals surface area (Å²) in [6.45, 7) is -1.33. The van der Waals surface area contributed by atoms with Crippen molar-refractivity contribution >= 4 is 28.5 Å². The molecule has 5 nitrogen and oxygen atoms in total. The fourth-order valence-corrected chi connectivity index (χ4v) is 1.90. The number of halogens is 3. The minimum atomic E-state index is -4.36. The number of benzene rings is 1. The van der Waals surface area contributed by atoms with Gasteiger partial charge in [-0.2, -0.15) is 18.3 Å². The van der Waals surface area contributed by atoms with Gasteiger partial charge in [-0.3, -0.25) is 5.43 Å². The second-order valence-corrected chi connectivity index (χ2v) is 4.78. The van der Waals surface area contributed by atoms with Gasteiger partial charge in [0.05, 0.1) is 6.21 Å². The van der Waals surface area contributed by atoms with Crippen molar-refractivity contribution in [1.29, 1.82) is 0 Å². The minimum Gasteiger partial charge on any atom is -0.484 e. The maximum Gasteiger partial charge on any atom is 0.422 e. The number of ether oxygens (including phenoxy) is 1. The largest absolute Gasteiger partial charge is 0.484 e. The van der Waals surface area contributed by atoms with Crippen LogP contribution in [0.1, 0.15) is 5.56 Å². The fourth-order valence-electron chi connectivity index (χ4n) is 1.35. The third kappa shape index (κ3) is 5.30. The summed E-state index contributed by atoms with van der Waals surface area (Å²) in [7, 11) is 0. The third-order valence-corrected chi connectivity index (χ3v) is 2.92. The van der Waals surface area contributed by atoms with E-state index in [9.17, 15) is 13.2 Å². The second kappa shape index (κ2) is 6.44. The Hall–Kier alpha value is -2.29. The number of aromatic nitrogens is 1. The molecule has 9 heteroatoms. The predicted molar refractivity (Wildman–Crippen MR) is 75.7 cm³/mol. The molecular formula is C12H11F3N4OS. The van der Waals surface area contributed by atoms with Gasteiger partial charge in [0.25, 0.3) is 0 Å². The first-order valence-electron chi connectivity index (χ1n) is 5.72. The van der Waals surface area contributed by atoms with E-state index in [0.29, 0.717) is 16.5 Å². The van der Waals surface area contributed by atoms with Gasteiger partial charge in [-0.1, -0.05) is 12.1 Å². The van der Waals surface area contributed by atoms with Crippen molar-refractivity contribution in [3.05, 3.63) is 35.2 Å². The number of hydrazone groups is 1. The first kappa shape index (κ1) is 15.1. The van der Waals surface area contributed by atoms with E-state index in [4.69, 9.17) is 5.73 Å². The monoisotopic (exact) mass is 316 g/mol. The molecular weight excluding hydrogens is 305 g/mol. The van der Waals surface area contributed by atoms with E-state index in [-0.39, 0.29) is 5.75 Å². The Labute approximate surface area is 122 Å². The predicted octanol–water partition coefficient (Wildman–Crippen LogP) is 3.11. The van der Waals surface area contributed by atoms with E-state index in [1.54, 1.807) is 17.5 Å². The smallest absolute Gasteiger partial charge is 0.422 e. The zero-order valence-corrected chi connectivity index (χ0v) is 11.4. The fraction of sp³-hybridized carbons (Fsp3) is 0.167. The molecule has 0 fully saturated rings. The maximum absolute atomic E-state index is 12.1. The molecule has 0 aliphatic rings. The molecule has 2 rings (SSSR count). The molecule has 112 valence electrons. The van der Waals surface area contributed by atoms with Gasteiger partial charge in [0, 0.05) is 5.38 Å². The van der Waals surface area contributed by atoms with Crippen LogP contribution in [-0.2, 0) is 0 Å². The highest BCUT2D eigenvalue weighted by molar-refractivity contribution is 7.14. The van der Waals surface area contributed by atoms with E-state index in [0.717, 1.165) is 0 Å². The van der Waals surface area contributed by atoms with Crippen LogP contribution in [0.15, 0.2) is 34.7 Å². The lowest BCUT2D eigenvalue weighted by Crippen LogP contribution is -2.19. The summed E-state index contributed by atoms with van der Waals surface area (Å²) < 4.78 is 40.8. The van der Waals surface area contributed by atoms with Crippen LogP contribution in [0.4, 0.5) is 24.1 Å². The highest BCUT2D eigenvalue weighted by Gasteiger charge is 2.28. The molecule has 1 aromatic carbocycles. The quantitative estimate of drug-likeness (QED) is 0.657. The Morgan fingerprint density at radius 1 is 1.43 bits per heavy atom. The van der Waals surface area contributed by atoms with Crippen molar-refractivity contribution < 1.29 is 17.9 Å². The van der Waals surface area contributed by atoms with E-state index in [2.05, 4.69) is 20.2 Å².